The first-order valence-corrected chi connectivity index (χ1v) is 7.27. The summed E-state index contributed by atoms with van der Waals surface area (Å²) in [5.41, 5.74) is 2.58. The summed E-state index contributed by atoms with van der Waals surface area (Å²) in [6.45, 7) is 8.25. The van der Waals surface area contributed by atoms with E-state index in [1.807, 2.05) is 37.3 Å². The zero-order valence-electron chi connectivity index (χ0n) is 12.6. The first-order chi connectivity index (χ1) is 9.86. The van der Waals surface area contributed by atoms with Gasteiger partial charge >= 0.3 is 0 Å². The Morgan fingerprint density at radius 3 is 2.52 bits per heavy atom. The molecular weight excluding hydrogens is 284 g/mol. The molecule has 0 atom stereocenters. The lowest BCUT2D eigenvalue weighted by Crippen LogP contribution is -2.14. The predicted molar refractivity (Wildman–Crippen MR) is 85.7 cm³/mol. The highest BCUT2D eigenvalue weighted by Crippen LogP contribution is 2.34. The van der Waals surface area contributed by atoms with E-state index in [4.69, 9.17) is 21.0 Å². The molecule has 3 rings (SSSR count). The lowest BCUT2D eigenvalue weighted by molar-refractivity contribution is 0.566. The smallest absolute Gasteiger partial charge is 0.165 e. The van der Waals surface area contributed by atoms with Crippen molar-refractivity contribution in [2.24, 2.45) is 0 Å². The summed E-state index contributed by atoms with van der Waals surface area (Å²) in [5, 5.41) is 1.46. The average Bonchev–Trinajstić information content (AvgIpc) is 2.72. The summed E-state index contributed by atoms with van der Waals surface area (Å²) in [5.74, 6) is 1.42. The van der Waals surface area contributed by atoms with E-state index in [0.717, 1.165) is 28.0 Å². The molecule has 0 radical (unpaired) electrons. The van der Waals surface area contributed by atoms with Crippen LogP contribution in [-0.4, -0.2) is 9.97 Å². The van der Waals surface area contributed by atoms with E-state index in [1.54, 1.807) is 0 Å². The van der Waals surface area contributed by atoms with Gasteiger partial charge in [-0.2, -0.15) is 0 Å². The Morgan fingerprint density at radius 2 is 1.81 bits per heavy atom. The summed E-state index contributed by atoms with van der Waals surface area (Å²) < 4.78 is 5.80. The number of para-hydroxylation sites is 1. The third-order valence-corrected chi connectivity index (χ3v) is 3.65. The number of fused-ring (bicyclic) bond motifs is 1. The number of halogens is 1. The summed E-state index contributed by atoms with van der Waals surface area (Å²) in [6.07, 6.45) is 0. The van der Waals surface area contributed by atoms with Crippen LogP contribution in [0.5, 0.6) is 0 Å². The fourth-order valence-corrected chi connectivity index (χ4v) is 2.54. The summed E-state index contributed by atoms with van der Waals surface area (Å²) >= 11 is 6.19. The Hall–Kier alpha value is -1.87. The molecular formula is C17H17ClN2O. The maximum Gasteiger partial charge on any atom is 0.165 e. The Morgan fingerprint density at radius 1 is 1.10 bits per heavy atom. The molecule has 4 heteroatoms. The van der Waals surface area contributed by atoms with Gasteiger partial charge in [-0.3, -0.25) is 0 Å². The Bertz CT molecular complexity index is 815. The first-order valence-electron chi connectivity index (χ1n) is 6.90. The molecule has 0 saturated carbocycles. The second-order valence-electron chi connectivity index (χ2n) is 6.18. The average molecular weight is 301 g/mol. The first kappa shape index (κ1) is 14.1. The van der Waals surface area contributed by atoms with Crippen LogP contribution in [-0.2, 0) is 5.41 Å². The van der Waals surface area contributed by atoms with E-state index in [1.165, 1.54) is 0 Å². The van der Waals surface area contributed by atoms with Crippen molar-refractivity contribution < 1.29 is 4.42 Å². The highest BCUT2D eigenvalue weighted by molar-refractivity contribution is 6.29. The maximum atomic E-state index is 6.19. The van der Waals surface area contributed by atoms with Crippen LogP contribution in [0, 0.1) is 6.92 Å². The van der Waals surface area contributed by atoms with Gasteiger partial charge in [0.25, 0.3) is 0 Å². The largest absolute Gasteiger partial charge is 0.461 e. The fraction of sp³-hybridized carbons (Fsp3) is 0.294. The van der Waals surface area contributed by atoms with E-state index in [9.17, 15) is 0 Å². The predicted octanol–water partition coefficient (Wildman–Crippen LogP) is 5.15. The number of benzene rings is 1. The Balaban J connectivity index is 2.28. The zero-order chi connectivity index (χ0) is 15.2. The van der Waals surface area contributed by atoms with Gasteiger partial charge in [-0.1, -0.05) is 50.6 Å². The van der Waals surface area contributed by atoms with Gasteiger partial charge in [-0.25, -0.2) is 9.97 Å². The van der Waals surface area contributed by atoms with E-state index < -0.39 is 0 Å². The molecule has 0 amide bonds. The number of hydrogen-bond donors (Lipinski definition) is 0. The van der Waals surface area contributed by atoms with Crippen LogP contribution in [0.4, 0.5) is 0 Å². The van der Waals surface area contributed by atoms with E-state index in [-0.39, 0.29) is 5.41 Å². The van der Waals surface area contributed by atoms with Gasteiger partial charge in [0.1, 0.15) is 16.5 Å². The standard InChI is InChI=1S/C17H17ClN2O/c1-10-15(11-7-5-6-8-12(11)21-10)16-19-13(17(2,3)4)9-14(18)20-16/h5-9H,1-4H3. The molecule has 108 valence electrons. The van der Waals surface area contributed by atoms with Crippen molar-refractivity contribution in [1.29, 1.82) is 0 Å². The van der Waals surface area contributed by atoms with Crippen LogP contribution in [0.1, 0.15) is 32.2 Å². The monoisotopic (exact) mass is 300 g/mol. The third kappa shape index (κ3) is 2.54. The van der Waals surface area contributed by atoms with E-state index >= 15 is 0 Å². The molecule has 0 aliphatic carbocycles. The van der Waals surface area contributed by atoms with Crippen molar-refractivity contribution in [3.8, 4) is 11.4 Å². The lowest BCUT2D eigenvalue weighted by atomic mass is 9.92. The van der Waals surface area contributed by atoms with Gasteiger partial charge in [-0.15, -0.1) is 0 Å². The van der Waals surface area contributed by atoms with Gasteiger partial charge in [0.05, 0.1) is 11.3 Å². The summed E-state index contributed by atoms with van der Waals surface area (Å²) in [6, 6.07) is 9.72. The zero-order valence-corrected chi connectivity index (χ0v) is 13.3. The normalized spacial score (nSPS) is 12.0. The summed E-state index contributed by atoms with van der Waals surface area (Å²) in [7, 11) is 0. The van der Waals surface area contributed by atoms with Gasteiger partial charge < -0.3 is 4.42 Å². The number of hydrogen-bond acceptors (Lipinski definition) is 3. The molecule has 2 heterocycles. The lowest BCUT2D eigenvalue weighted by Gasteiger charge is -2.18. The van der Waals surface area contributed by atoms with Crippen molar-refractivity contribution in [2.75, 3.05) is 0 Å². The second-order valence-corrected chi connectivity index (χ2v) is 6.57. The van der Waals surface area contributed by atoms with Crippen LogP contribution < -0.4 is 0 Å². The molecule has 0 spiro atoms. The number of aromatic nitrogens is 2. The summed E-state index contributed by atoms with van der Waals surface area (Å²) in [4.78, 5) is 9.10. The van der Waals surface area contributed by atoms with Crippen LogP contribution in [0.25, 0.3) is 22.4 Å². The molecule has 3 aromatic rings. The minimum absolute atomic E-state index is 0.0885. The minimum atomic E-state index is -0.0885. The molecule has 0 bridgehead atoms. The van der Waals surface area contributed by atoms with Gasteiger partial charge in [0.15, 0.2) is 5.82 Å². The number of nitrogens with zero attached hydrogens (tertiary/aromatic N) is 2. The maximum absolute atomic E-state index is 6.19. The molecule has 0 N–H and O–H groups in total. The number of aryl methyl sites for hydroxylation is 1. The topological polar surface area (TPSA) is 38.9 Å². The van der Waals surface area contributed by atoms with Crippen molar-refractivity contribution in [3.05, 3.63) is 46.9 Å². The van der Waals surface area contributed by atoms with E-state index in [2.05, 4.69) is 25.8 Å². The van der Waals surface area contributed by atoms with Crippen molar-refractivity contribution in [1.82, 2.24) is 9.97 Å². The molecule has 0 fully saturated rings. The molecule has 0 saturated heterocycles. The van der Waals surface area contributed by atoms with Gasteiger partial charge in [0, 0.05) is 10.8 Å². The fourth-order valence-electron chi connectivity index (χ4n) is 2.36. The Labute approximate surface area is 129 Å². The van der Waals surface area contributed by atoms with Crippen molar-refractivity contribution >= 4 is 22.6 Å². The molecule has 1 aromatic carbocycles. The minimum Gasteiger partial charge on any atom is -0.461 e. The molecule has 2 aromatic heterocycles. The number of rotatable bonds is 1. The molecule has 0 unspecified atom stereocenters. The number of furan rings is 1. The Kier molecular flexibility index (Phi) is 3.25. The van der Waals surface area contributed by atoms with Crippen molar-refractivity contribution in [2.45, 2.75) is 33.1 Å². The quantitative estimate of drug-likeness (QED) is 0.583. The van der Waals surface area contributed by atoms with Crippen LogP contribution in [0.15, 0.2) is 34.7 Å². The highest BCUT2D eigenvalue weighted by Gasteiger charge is 2.21. The van der Waals surface area contributed by atoms with Crippen molar-refractivity contribution in [3.63, 3.8) is 0 Å². The van der Waals surface area contributed by atoms with Crippen LogP contribution in [0.2, 0.25) is 5.15 Å². The molecule has 3 nitrogen and oxygen atoms in total. The van der Waals surface area contributed by atoms with Crippen LogP contribution >= 0.6 is 11.6 Å². The molecule has 0 aliphatic heterocycles. The SMILES string of the molecule is Cc1oc2ccccc2c1-c1nc(Cl)cc(C(C)(C)C)n1. The van der Waals surface area contributed by atoms with E-state index in [0.29, 0.717) is 11.0 Å². The second kappa shape index (κ2) is 4.85. The third-order valence-electron chi connectivity index (χ3n) is 3.46. The van der Waals surface area contributed by atoms with Gasteiger partial charge in [0.2, 0.25) is 0 Å². The van der Waals surface area contributed by atoms with Gasteiger partial charge in [-0.05, 0) is 19.1 Å². The molecule has 0 aliphatic rings. The molecule has 21 heavy (non-hydrogen) atoms. The van der Waals surface area contributed by atoms with Crippen LogP contribution in [0.3, 0.4) is 0 Å². The highest BCUT2D eigenvalue weighted by atomic mass is 35.5.